The summed E-state index contributed by atoms with van der Waals surface area (Å²) in [5.41, 5.74) is 10.2. The van der Waals surface area contributed by atoms with E-state index in [4.69, 9.17) is 20.1 Å². The first-order valence-corrected chi connectivity index (χ1v) is 19.5. The van der Waals surface area contributed by atoms with Crippen LogP contribution in [0.4, 0.5) is 0 Å². The fourth-order valence-corrected chi connectivity index (χ4v) is 9.00. The van der Waals surface area contributed by atoms with Crippen molar-refractivity contribution in [3.05, 3.63) is 188 Å². The van der Waals surface area contributed by atoms with E-state index in [0.717, 1.165) is 66.6 Å². The molecule has 262 valence electrons. The summed E-state index contributed by atoms with van der Waals surface area (Å²) < 4.78 is 4.58. The molecule has 0 aliphatic carbocycles. The maximum absolute atomic E-state index is 5.38. The molecule has 6 heteroatoms. The van der Waals surface area contributed by atoms with E-state index in [1.807, 2.05) is 24.3 Å². The number of hydrogen-bond acceptors (Lipinski definition) is 5. The lowest BCUT2D eigenvalue weighted by molar-refractivity contribution is 0.979. The number of fused-ring (bicyclic) bond motifs is 6. The molecule has 11 rings (SSSR count). The number of rotatable bonds is 6. The van der Waals surface area contributed by atoms with Crippen LogP contribution in [0.3, 0.4) is 0 Å². The van der Waals surface area contributed by atoms with Gasteiger partial charge in [0.25, 0.3) is 0 Å². The zero-order chi connectivity index (χ0) is 37.0. The van der Waals surface area contributed by atoms with Crippen LogP contribution in [-0.4, -0.2) is 24.6 Å². The summed E-state index contributed by atoms with van der Waals surface area (Å²) in [5.74, 6) is 1.92. The predicted octanol–water partition coefficient (Wildman–Crippen LogP) is 13.0. The lowest BCUT2D eigenvalue weighted by atomic mass is 9.97. The zero-order valence-corrected chi connectivity index (χ0v) is 30.9. The molecule has 0 bridgehead atoms. The summed E-state index contributed by atoms with van der Waals surface area (Å²) >= 11 is 1.79. The van der Waals surface area contributed by atoms with Crippen molar-refractivity contribution in [2.45, 2.75) is 0 Å². The first kappa shape index (κ1) is 32.2. The molecule has 4 aromatic heterocycles. The number of benzene rings is 7. The Balaban J connectivity index is 1.10. The van der Waals surface area contributed by atoms with Gasteiger partial charge in [0.05, 0.1) is 11.2 Å². The van der Waals surface area contributed by atoms with Crippen molar-refractivity contribution < 1.29 is 0 Å². The summed E-state index contributed by atoms with van der Waals surface area (Å²) in [5, 5.41) is 10.1. The number of aromatic nitrogens is 5. The van der Waals surface area contributed by atoms with Crippen molar-refractivity contribution in [3.8, 4) is 67.8 Å². The van der Waals surface area contributed by atoms with Crippen molar-refractivity contribution in [2.75, 3.05) is 0 Å². The Labute approximate surface area is 326 Å². The van der Waals surface area contributed by atoms with Crippen molar-refractivity contribution in [3.63, 3.8) is 0 Å². The highest BCUT2D eigenvalue weighted by molar-refractivity contribution is 7.25. The second-order valence-corrected chi connectivity index (χ2v) is 14.9. The van der Waals surface area contributed by atoms with Crippen LogP contribution >= 0.6 is 11.3 Å². The summed E-state index contributed by atoms with van der Waals surface area (Å²) in [6.45, 7) is 0. The summed E-state index contributed by atoms with van der Waals surface area (Å²) in [6.07, 6.45) is 0. The Morgan fingerprint density at radius 1 is 0.411 bits per heavy atom. The fraction of sp³-hybridized carbons (Fsp3) is 0. The molecule has 0 saturated carbocycles. The number of nitrogens with zero attached hydrogens (tertiary/aromatic N) is 5. The molecule has 0 fully saturated rings. The molecular formula is C50H31N5S. The van der Waals surface area contributed by atoms with Crippen LogP contribution in [0.1, 0.15) is 0 Å². The van der Waals surface area contributed by atoms with E-state index in [0.29, 0.717) is 17.5 Å². The molecule has 0 spiro atoms. The van der Waals surface area contributed by atoms with Crippen molar-refractivity contribution in [2.24, 2.45) is 0 Å². The van der Waals surface area contributed by atoms with Gasteiger partial charge in [-0.25, -0.2) is 19.5 Å². The monoisotopic (exact) mass is 733 g/mol. The average Bonchev–Trinajstić information content (AvgIpc) is 3.87. The van der Waals surface area contributed by atoms with Gasteiger partial charge in [-0.1, -0.05) is 170 Å². The standard InChI is InChI=1S/C50H31N5S/c1-4-15-33(16-5-1)44-46(34-17-6-2-7-18-34)54-55-41(31-37-21-10-11-22-38(37)47(44)55)32-27-29-36(30-28-32)49-51-48(35-19-8-3-9-20-35)52-50(53-49)40-24-14-26-43-45(40)39-23-12-13-25-42(39)56-43/h1-31H. The smallest absolute Gasteiger partial charge is 0.164 e. The minimum atomic E-state index is 0.623. The van der Waals surface area contributed by atoms with Crippen LogP contribution in [-0.2, 0) is 0 Å². The summed E-state index contributed by atoms with van der Waals surface area (Å²) in [6, 6.07) is 65.6. The molecule has 0 saturated heterocycles. The lowest BCUT2D eigenvalue weighted by Gasteiger charge is -2.12. The maximum Gasteiger partial charge on any atom is 0.164 e. The van der Waals surface area contributed by atoms with Crippen LogP contribution < -0.4 is 0 Å². The number of pyridine rings is 1. The van der Waals surface area contributed by atoms with Crippen LogP contribution in [0.2, 0.25) is 0 Å². The van der Waals surface area contributed by atoms with Crippen LogP contribution in [0.25, 0.3) is 104 Å². The van der Waals surface area contributed by atoms with Gasteiger partial charge < -0.3 is 0 Å². The molecule has 0 aliphatic heterocycles. The molecule has 7 aromatic carbocycles. The second kappa shape index (κ2) is 13.2. The molecule has 11 aromatic rings. The van der Waals surface area contributed by atoms with E-state index in [2.05, 4.69) is 168 Å². The SMILES string of the molecule is c1ccc(-c2nc(-c3ccc(-c4cc5ccccc5c5c(-c6ccccc6)c(-c6ccccc6)nn45)cc3)nc(-c3cccc4sc5ccccc5c34)n2)cc1. The Morgan fingerprint density at radius 3 is 1.70 bits per heavy atom. The van der Waals surface area contributed by atoms with Crippen LogP contribution in [0, 0.1) is 0 Å². The molecule has 0 unspecified atom stereocenters. The van der Waals surface area contributed by atoms with E-state index in [1.54, 1.807) is 11.3 Å². The highest BCUT2D eigenvalue weighted by atomic mass is 32.1. The van der Waals surface area contributed by atoms with Gasteiger partial charge in [-0.05, 0) is 29.1 Å². The van der Waals surface area contributed by atoms with Gasteiger partial charge in [0.2, 0.25) is 0 Å². The van der Waals surface area contributed by atoms with Crippen LogP contribution in [0.15, 0.2) is 188 Å². The lowest BCUT2D eigenvalue weighted by Crippen LogP contribution is -2.00. The van der Waals surface area contributed by atoms with Gasteiger partial charge >= 0.3 is 0 Å². The normalized spacial score (nSPS) is 11.6. The summed E-state index contributed by atoms with van der Waals surface area (Å²) in [7, 11) is 0. The van der Waals surface area contributed by atoms with Crippen LogP contribution in [0.5, 0.6) is 0 Å². The molecular weight excluding hydrogens is 703 g/mol. The Hall–Kier alpha value is -7.28. The molecule has 4 heterocycles. The van der Waals surface area contributed by atoms with E-state index in [1.165, 1.54) is 20.2 Å². The van der Waals surface area contributed by atoms with Gasteiger partial charge in [0.1, 0.15) is 5.69 Å². The number of hydrogen-bond donors (Lipinski definition) is 0. The maximum atomic E-state index is 5.38. The number of thiophene rings is 1. The quantitative estimate of drug-likeness (QED) is 0.171. The minimum Gasteiger partial charge on any atom is -0.231 e. The van der Waals surface area contributed by atoms with Gasteiger partial charge in [-0.2, -0.15) is 5.10 Å². The second-order valence-electron chi connectivity index (χ2n) is 13.9. The topological polar surface area (TPSA) is 56.0 Å². The fourth-order valence-electron chi connectivity index (χ4n) is 7.86. The van der Waals surface area contributed by atoms with E-state index in [-0.39, 0.29) is 0 Å². The Bertz CT molecular complexity index is 3230. The predicted molar refractivity (Wildman–Crippen MR) is 232 cm³/mol. The molecule has 5 nitrogen and oxygen atoms in total. The van der Waals surface area contributed by atoms with Gasteiger partial charge in [-0.15, -0.1) is 11.3 Å². The van der Waals surface area contributed by atoms with Gasteiger partial charge in [0, 0.05) is 58.9 Å². The van der Waals surface area contributed by atoms with Crippen molar-refractivity contribution >= 4 is 47.8 Å². The third kappa shape index (κ3) is 5.38. The average molecular weight is 734 g/mol. The van der Waals surface area contributed by atoms with E-state index in [9.17, 15) is 0 Å². The van der Waals surface area contributed by atoms with E-state index < -0.39 is 0 Å². The molecule has 0 N–H and O–H groups in total. The van der Waals surface area contributed by atoms with E-state index >= 15 is 0 Å². The largest absolute Gasteiger partial charge is 0.231 e. The van der Waals surface area contributed by atoms with Crippen molar-refractivity contribution in [1.29, 1.82) is 0 Å². The summed E-state index contributed by atoms with van der Waals surface area (Å²) in [4.78, 5) is 15.3. The van der Waals surface area contributed by atoms with Gasteiger partial charge in [0.15, 0.2) is 17.5 Å². The molecule has 0 radical (unpaired) electrons. The van der Waals surface area contributed by atoms with Crippen molar-refractivity contribution in [1.82, 2.24) is 24.6 Å². The highest BCUT2D eigenvalue weighted by Crippen LogP contribution is 2.42. The molecule has 0 atom stereocenters. The minimum absolute atomic E-state index is 0.623. The Kier molecular flexibility index (Phi) is 7.60. The Morgan fingerprint density at radius 2 is 0.964 bits per heavy atom. The first-order valence-electron chi connectivity index (χ1n) is 18.7. The molecule has 56 heavy (non-hydrogen) atoms. The zero-order valence-electron chi connectivity index (χ0n) is 30.0. The van der Waals surface area contributed by atoms with Gasteiger partial charge in [-0.3, -0.25) is 0 Å². The molecule has 0 aliphatic rings. The third-order valence-corrected chi connectivity index (χ3v) is 11.6. The third-order valence-electron chi connectivity index (χ3n) is 10.5. The highest BCUT2D eigenvalue weighted by Gasteiger charge is 2.22. The first-order chi connectivity index (χ1) is 27.8. The molecule has 0 amide bonds.